The number of hydrogen-bond acceptors (Lipinski definition) is 4. The number of rotatable bonds is 2. The Balaban J connectivity index is 1.60. The summed E-state index contributed by atoms with van der Waals surface area (Å²) in [6, 6.07) is 9.30. The van der Waals surface area contributed by atoms with Crippen molar-refractivity contribution in [1.82, 2.24) is 15.1 Å². The van der Waals surface area contributed by atoms with Crippen LogP contribution in [0.5, 0.6) is 0 Å². The molecular weight excluding hydrogens is 298 g/mol. The number of amides is 2. The Bertz CT molecular complexity index is 531. The van der Waals surface area contributed by atoms with Gasteiger partial charge in [0.25, 0.3) is 5.91 Å². The summed E-state index contributed by atoms with van der Waals surface area (Å²) >= 11 is 1.76. The molecule has 0 saturated carbocycles. The fourth-order valence-corrected chi connectivity index (χ4v) is 3.81. The Labute approximate surface area is 135 Å². The Morgan fingerprint density at radius 2 is 1.77 bits per heavy atom. The molecule has 0 aromatic heterocycles. The van der Waals surface area contributed by atoms with Crippen molar-refractivity contribution in [2.24, 2.45) is 0 Å². The lowest BCUT2D eigenvalue weighted by Gasteiger charge is -2.24. The van der Waals surface area contributed by atoms with Crippen LogP contribution in [0.3, 0.4) is 0 Å². The van der Waals surface area contributed by atoms with E-state index in [9.17, 15) is 9.59 Å². The van der Waals surface area contributed by atoms with Gasteiger partial charge in [-0.15, -0.1) is 11.8 Å². The van der Waals surface area contributed by atoms with Crippen molar-refractivity contribution in [1.29, 1.82) is 0 Å². The van der Waals surface area contributed by atoms with Gasteiger partial charge in [-0.05, 0) is 18.6 Å². The number of carbonyl (C=O) groups excluding carboxylic acids is 2. The van der Waals surface area contributed by atoms with E-state index in [0.29, 0.717) is 19.6 Å². The Hall–Kier alpha value is -1.53. The minimum absolute atomic E-state index is 0.0543. The molecule has 2 aliphatic heterocycles. The standard InChI is InChI=1S/C16H21N3O2S/c20-15(13-5-2-1-3-6-13)18-7-4-8-19(10-9-18)16(21)14-11-22-12-17-14/h1-3,5-6,14,17H,4,7-12H2. The van der Waals surface area contributed by atoms with Crippen molar-refractivity contribution in [3.8, 4) is 0 Å². The van der Waals surface area contributed by atoms with Gasteiger partial charge >= 0.3 is 0 Å². The lowest BCUT2D eigenvalue weighted by molar-refractivity contribution is -0.132. The van der Waals surface area contributed by atoms with Gasteiger partial charge in [0.2, 0.25) is 5.91 Å². The topological polar surface area (TPSA) is 52.7 Å². The van der Waals surface area contributed by atoms with Crippen molar-refractivity contribution in [3.63, 3.8) is 0 Å². The van der Waals surface area contributed by atoms with Crippen molar-refractivity contribution in [2.45, 2.75) is 12.5 Å². The molecule has 2 heterocycles. The lowest BCUT2D eigenvalue weighted by Crippen LogP contribution is -2.46. The van der Waals surface area contributed by atoms with Crippen molar-refractivity contribution in [2.75, 3.05) is 37.8 Å². The first-order valence-electron chi connectivity index (χ1n) is 7.70. The molecule has 1 N–H and O–H groups in total. The maximum absolute atomic E-state index is 12.5. The van der Waals surface area contributed by atoms with Crippen LogP contribution in [0.15, 0.2) is 30.3 Å². The number of hydrogen-bond donors (Lipinski definition) is 1. The highest BCUT2D eigenvalue weighted by Crippen LogP contribution is 2.14. The van der Waals surface area contributed by atoms with Crippen LogP contribution in [0.2, 0.25) is 0 Å². The number of benzene rings is 1. The smallest absolute Gasteiger partial charge is 0.253 e. The average molecular weight is 319 g/mol. The fraction of sp³-hybridized carbons (Fsp3) is 0.500. The number of nitrogens with one attached hydrogen (secondary N) is 1. The zero-order valence-corrected chi connectivity index (χ0v) is 13.3. The first-order valence-corrected chi connectivity index (χ1v) is 8.85. The predicted octanol–water partition coefficient (Wildman–Crippen LogP) is 1.02. The van der Waals surface area contributed by atoms with E-state index in [1.165, 1.54) is 0 Å². The number of thioether (sulfide) groups is 1. The molecule has 118 valence electrons. The zero-order valence-electron chi connectivity index (χ0n) is 12.5. The lowest BCUT2D eigenvalue weighted by atomic mass is 10.2. The second-order valence-corrected chi connectivity index (χ2v) is 6.64. The normalized spacial score (nSPS) is 22.5. The van der Waals surface area contributed by atoms with Crippen LogP contribution < -0.4 is 5.32 Å². The Kier molecular flexibility index (Phi) is 5.00. The van der Waals surface area contributed by atoms with Gasteiger partial charge < -0.3 is 9.80 Å². The SMILES string of the molecule is O=C(c1ccccc1)N1CCCN(C(=O)C2CSCN2)CC1. The summed E-state index contributed by atoms with van der Waals surface area (Å²) in [5.41, 5.74) is 0.719. The Morgan fingerprint density at radius 3 is 2.50 bits per heavy atom. The van der Waals surface area contributed by atoms with Gasteiger partial charge in [-0.2, -0.15) is 0 Å². The Morgan fingerprint density at radius 1 is 1.05 bits per heavy atom. The number of nitrogens with zero attached hydrogens (tertiary/aromatic N) is 2. The monoisotopic (exact) mass is 319 g/mol. The van der Waals surface area contributed by atoms with Gasteiger partial charge in [0.15, 0.2) is 0 Å². The predicted molar refractivity (Wildman–Crippen MR) is 87.8 cm³/mol. The second kappa shape index (κ2) is 7.15. The van der Waals surface area contributed by atoms with Crippen LogP contribution in [0.25, 0.3) is 0 Å². The summed E-state index contributed by atoms with van der Waals surface area (Å²) in [4.78, 5) is 28.7. The molecule has 2 amide bonds. The van der Waals surface area contributed by atoms with Gasteiger partial charge in [0.05, 0.1) is 6.04 Å². The molecular formula is C16H21N3O2S. The molecule has 1 aromatic carbocycles. The molecule has 1 atom stereocenters. The van der Waals surface area contributed by atoms with Gasteiger partial charge in [-0.1, -0.05) is 18.2 Å². The summed E-state index contributed by atoms with van der Waals surface area (Å²) in [6.45, 7) is 2.68. The first-order chi connectivity index (χ1) is 10.8. The summed E-state index contributed by atoms with van der Waals surface area (Å²) in [5, 5.41) is 3.23. The molecule has 2 aliphatic rings. The highest BCUT2D eigenvalue weighted by Gasteiger charge is 2.29. The van der Waals surface area contributed by atoms with Gasteiger partial charge in [0, 0.05) is 43.4 Å². The van der Waals surface area contributed by atoms with Crippen molar-refractivity contribution in [3.05, 3.63) is 35.9 Å². The second-order valence-electron chi connectivity index (χ2n) is 5.61. The molecule has 0 spiro atoms. The van der Waals surface area contributed by atoms with Gasteiger partial charge in [-0.25, -0.2) is 0 Å². The molecule has 6 heteroatoms. The minimum Gasteiger partial charge on any atom is -0.339 e. The highest BCUT2D eigenvalue weighted by molar-refractivity contribution is 7.99. The quantitative estimate of drug-likeness (QED) is 0.884. The summed E-state index contributed by atoms with van der Waals surface area (Å²) < 4.78 is 0. The van der Waals surface area contributed by atoms with Crippen LogP contribution in [-0.4, -0.2) is 65.5 Å². The van der Waals surface area contributed by atoms with E-state index < -0.39 is 0 Å². The van der Waals surface area contributed by atoms with E-state index in [2.05, 4.69) is 5.32 Å². The summed E-state index contributed by atoms with van der Waals surface area (Å²) in [6.07, 6.45) is 0.837. The number of carbonyl (C=O) groups is 2. The molecule has 3 rings (SSSR count). The molecule has 0 aliphatic carbocycles. The van der Waals surface area contributed by atoms with E-state index in [0.717, 1.165) is 30.2 Å². The molecule has 22 heavy (non-hydrogen) atoms. The molecule has 1 aromatic rings. The van der Waals surface area contributed by atoms with Crippen LogP contribution >= 0.6 is 11.8 Å². The van der Waals surface area contributed by atoms with Crippen LogP contribution in [-0.2, 0) is 4.79 Å². The molecule has 2 fully saturated rings. The molecule has 5 nitrogen and oxygen atoms in total. The molecule has 0 bridgehead atoms. The summed E-state index contributed by atoms with van der Waals surface area (Å²) in [7, 11) is 0. The molecule has 1 unspecified atom stereocenters. The zero-order chi connectivity index (χ0) is 15.4. The van der Waals surface area contributed by atoms with E-state index in [1.54, 1.807) is 11.8 Å². The van der Waals surface area contributed by atoms with Gasteiger partial charge in [-0.3, -0.25) is 14.9 Å². The first kappa shape index (κ1) is 15.4. The minimum atomic E-state index is -0.0543. The average Bonchev–Trinajstić information content (AvgIpc) is 2.99. The van der Waals surface area contributed by atoms with E-state index in [4.69, 9.17) is 0 Å². The fourth-order valence-electron chi connectivity index (χ4n) is 2.88. The third kappa shape index (κ3) is 3.44. The van der Waals surface area contributed by atoms with Crippen molar-refractivity contribution < 1.29 is 9.59 Å². The van der Waals surface area contributed by atoms with Gasteiger partial charge in [0.1, 0.15) is 0 Å². The van der Waals surface area contributed by atoms with Crippen molar-refractivity contribution >= 4 is 23.6 Å². The largest absolute Gasteiger partial charge is 0.339 e. The maximum atomic E-state index is 12.5. The third-order valence-electron chi connectivity index (χ3n) is 4.13. The van der Waals surface area contributed by atoms with Crippen LogP contribution in [0.1, 0.15) is 16.8 Å². The summed E-state index contributed by atoms with van der Waals surface area (Å²) in [5.74, 6) is 1.94. The van der Waals surface area contributed by atoms with Crippen LogP contribution in [0.4, 0.5) is 0 Å². The molecule has 0 radical (unpaired) electrons. The van der Waals surface area contributed by atoms with E-state index in [1.807, 2.05) is 40.1 Å². The third-order valence-corrected chi connectivity index (χ3v) is 5.07. The van der Waals surface area contributed by atoms with Crippen LogP contribution in [0, 0.1) is 0 Å². The van der Waals surface area contributed by atoms with E-state index >= 15 is 0 Å². The van der Waals surface area contributed by atoms with E-state index in [-0.39, 0.29) is 17.9 Å². The maximum Gasteiger partial charge on any atom is 0.253 e. The molecule has 2 saturated heterocycles. The highest BCUT2D eigenvalue weighted by atomic mass is 32.2.